The van der Waals surface area contributed by atoms with Gasteiger partial charge in [0.05, 0.1) is 11.3 Å². The molecule has 0 saturated heterocycles. The first-order valence-corrected chi connectivity index (χ1v) is 7.68. The highest BCUT2D eigenvalue weighted by Gasteiger charge is 2.18. The first-order chi connectivity index (χ1) is 9.56. The minimum absolute atomic E-state index is 0.0415. The van der Waals surface area contributed by atoms with E-state index in [1.807, 2.05) is 0 Å². The summed E-state index contributed by atoms with van der Waals surface area (Å²) in [6.45, 7) is 0. The molecule has 1 fully saturated rings. The van der Waals surface area contributed by atoms with Crippen LogP contribution in [0.4, 0.5) is 5.69 Å². The number of carbonyl (C=O) groups excluding carboxylic acids is 1. The Balaban J connectivity index is 1.99. The zero-order valence-corrected chi connectivity index (χ0v) is 12.8. The highest BCUT2D eigenvalue weighted by Crippen LogP contribution is 2.28. The lowest BCUT2D eigenvalue weighted by atomic mass is 9.87. The van der Waals surface area contributed by atoms with Gasteiger partial charge in [-0.05, 0) is 52.9 Å². The van der Waals surface area contributed by atoms with Crippen molar-refractivity contribution < 1.29 is 14.7 Å². The Kier molecular flexibility index (Phi) is 5.17. The number of carbonyl (C=O) groups is 2. The molecule has 108 valence electrons. The van der Waals surface area contributed by atoms with E-state index in [1.54, 1.807) is 6.07 Å². The first kappa shape index (κ1) is 15.0. The summed E-state index contributed by atoms with van der Waals surface area (Å²) in [7, 11) is 0. The first-order valence-electron chi connectivity index (χ1n) is 6.89. The van der Waals surface area contributed by atoms with Gasteiger partial charge in [-0.1, -0.05) is 19.3 Å². The fraction of sp³-hybridized carbons (Fsp3) is 0.467. The summed E-state index contributed by atoms with van der Waals surface area (Å²) >= 11 is 3.33. The molecule has 0 bridgehead atoms. The highest BCUT2D eigenvalue weighted by molar-refractivity contribution is 9.10. The lowest BCUT2D eigenvalue weighted by Gasteiger charge is -2.21. The number of anilines is 1. The number of rotatable bonds is 4. The van der Waals surface area contributed by atoms with E-state index in [1.165, 1.54) is 31.4 Å². The predicted molar refractivity (Wildman–Crippen MR) is 80.9 cm³/mol. The molecule has 1 amide bonds. The number of aromatic carboxylic acids is 1. The van der Waals surface area contributed by atoms with Gasteiger partial charge in [-0.2, -0.15) is 0 Å². The van der Waals surface area contributed by atoms with Crippen LogP contribution in [-0.4, -0.2) is 17.0 Å². The average molecular weight is 340 g/mol. The van der Waals surface area contributed by atoms with Crippen molar-refractivity contribution in [1.82, 2.24) is 0 Å². The van der Waals surface area contributed by atoms with Crippen LogP contribution in [0.25, 0.3) is 0 Å². The van der Waals surface area contributed by atoms with Crippen LogP contribution in [0, 0.1) is 5.92 Å². The van der Waals surface area contributed by atoms with Crippen LogP contribution in [0.2, 0.25) is 0 Å². The molecule has 0 radical (unpaired) electrons. The normalized spacial score (nSPS) is 15.8. The van der Waals surface area contributed by atoms with Crippen molar-refractivity contribution in [2.24, 2.45) is 5.92 Å². The van der Waals surface area contributed by atoms with E-state index in [0.717, 1.165) is 12.8 Å². The number of nitrogens with one attached hydrogen (secondary N) is 1. The predicted octanol–water partition coefficient (Wildman–Crippen LogP) is 4.06. The maximum Gasteiger partial charge on any atom is 0.335 e. The van der Waals surface area contributed by atoms with E-state index in [2.05, 4.69) is 21.2 Å². The number of carboxylic acids is 1. The summed E-state index contributed by atoms with van der Waals surface area (Å²) in [6, 6.07) is 4.62. The molecule has 1 aliphatic rings. The van der Waals surface area contributed by atoms with E-state index in [0.29, 0.717) is 22.5 Å². The topological polar surface area (TPSA) is 66.4 Å². The minimum Gasteiger partial charge on any atom is -0.478 e. The highest BCUT2D eigenvalue weighted by atomic mass is 79.9. The summed E-state index contributed by atoms with van der Waals surface area (Å²) in [4.78, 5) is 23.0. The SMILES string of the molecule is O=C(CC1CCCCC1)Nc1cc(C(=O)O)ccc1Br. The Morgan fingerprint density at radius 1 is 1.25 bits per heavy atom. The molecule has 0 unspecified atom stereocenters. The average Bonchev–Trinajstić information content (AvgIpc) is 2.42. The molecule has 5 heteroatoms. The second-order valence-corrected chi connectivity index (χ2v) is 6.11. The summed E-state index contributed by atoms with van der Waals surface area (Å²) in [5.74, 6) is -0.578. The van der Waals surface area contributed by atoms with Crippen molar-refractivity contribution in [2.45, 2.75) is 38.5 Å². The molecule has 0 aromatic heterocycles. The second kappa shape index (κ2) is 6.88. The number of carboxylic acid groups (broad SMARTS) is 1. The monoisotopic (exact) mass is 339 g/mol. The van der Waals surface area contributed by atoms with Crippen molar-refractivity contribution in [3.63, 3.8) is 0 Å². The van der Waals surface area contributed by atoms with Gasteiger partial charge >= 0.3 is 5.97 Å². The van der Waals surface area contributed by atoms with Crippen molar-refractivity contribution in [2.75, 3.05) is 5.32 Å². The van der Waals surface area contributed by atoms with E-state index in [4.69, 9.17) is 5.11 Å². The largest absolute Gasteiger partial charge is 0.478 e. The zero-order valence-electron chi connectivity index (χ0n) is 11.2. The molecule has 2 N–H and O–H groups in total. The van der Waals surface area contributed by atoms with Crippen LogP contribution in [0.3, 0.4) is 0 Å². The molecule has 0 spiro atoms. The number of amides is 1. The lowest BCUT2D eigenvalue weighted by molar-refractivity contribution is -0.117. The van der Waals surface area contributed by atoms with Crippen molar-refractivity contribution in [1.29, 1.82) is 0 Å². The van der Waals surface area contributed by atoms with Crippen LogP contribution in [0.1, 0.15) is 48.9 Å². The zero-order chi connectivity index (χ0) is 14.5. The Morgan fingerprint density at radius 3 is 2.60 bits per heavy atom. The Bertz CT molecular complexity index is 510. The summed E-state index contributed by atoms with van der Waals surface area (Å²) in [5, 5.41) is 11.8. The molecule has 0 atom stereocenters. The Hall–Kier alpha value is -1.36. The molecule has 1 saturated carbocycles. The molecule has 1 aliphatic carbocycles. The van der Waals surface area contributed by atoms with Crippen molar-refractivity contribution in [3.8, 4) is 0 Å². The Labute approximate surface area is 126 Å². The molecule has 0 aliphatic heterocycles. The third kappa shape index (κ3) is 4.07. The third-order valence-electron chi connectivity index (χ3n) is 3.69. The summed E-state index contributed by atoms with van der Waals surface area (Å²) < 4.78 is 0.694. The molecule has 4 nitrogen and oxygen atoms in total. The van der Waals surface area contributed by atoms with Crippen LogP contribution in [0.15, 0.2) is 22.7 Å². The van der Waals surface area contributed by atoms with Crippen LogP contribution in [0.5, 0.6) is 0 Å². The van der Waals surface area contributed by atoms with Gasteiger partial charge in [-0.15, -0.1) is 0 Å². The van der Waals surface area contributed by atoms with E-state index in [9.17, 15) is 9.59 Å². The fourth-order valence-corrected chi connectivity index (χ4v) is 2.95. The van der Waals surface area contributed by atoms with Gasteiger partial charge < -0.3 is 10.4 Å². The van der Waals surface area contributed by atoms with Gasteiger partial charge in [0.25, 0.3) is 0 Å². The second-order valence-electron chi connectivity index (χ2n) is 5.26. The van der Waals surface area contributed by atoms with Gasteiger partial charge in [-0.25, -0.2) is 4.79 Å². The van der Waals surface area contributed by atoms with Gasteiger partial charge in [-0.3, -0.25) is 4.79 Å². The minimum atomic E-state index is -1.000. The molecule has 1 aromatic rings. The maximum absolute atomic E-state index is 12.0. The van der Waals surface area contributed by atoms with Gasteiger partial charge in [0.1, 0.15) is 0 Å². The number of benzene rings is 1. The molecular formula is C15H18BrNO3. The number of hydrogen-bond acceptors (Lipinski definition) is 2. The lowest BCUT2D eigenvalue weighted by Crippen LogP contribution is -2.18. The molecule has 2 rings (SSSR count). The van der Waals surface area contributed by atoms with Gasteiger partial charge in [0.2, 0.25) is 5.91 Å². The van der Waals surface area contributed by atoms with Gasteiger partial charge in [0.15, 0.2) is 0 Å². The third-order valence-corrected chi connectivity index (χ3v) is 4.38. The standard InChI is InChI=1S/C15H18BrNO3/c16-12-7-6-11(15(19)20)9-13(12)17-14(18)8-10-4-2-1-3-5-10/h6-7,9-10H,1-5,8H2,(H,17,18)(H,19,20). The molecular weight excluding hydrogens is 322 g/mol. The van der Waals surface area contributed by atoms with Crippen LogP contribution < -0.4 is 5.32 Å². The van der Waals surface area contributed by atoms with Crippen LogP contribution in [-0.2, 0) is 4.79 Å². The van der Waals surface area contributed by atoms with Crippen molar-refractivity contribution >= 4 is 33.5 Å². The smallest absolute Gasteiger partial charge is 0.335 e. The van der Waals surface area contributed by atoms with Gasteiger partial charge in [0, 0.05) is 10.9 Å². The van der Waals surface area contributed by atoms with Crippen molar-refractivity contribution in [3.05, 3.63) is 28.2 Å². The molecule has 20 heavy (non-hydrogen) atoms. The summed E-state index contributed by atoms with van der Waals surface area (Å²) in [6.07, 6.45) is 6.42. The van der Waals surface area contributed by atoms with E-state index in [-0.39, 0.29) is 11.5 Å². The van der Waals surface area contributed by atoms with E-state index < -0.39 is 5.97 Å². The maximum atomic E-state index is 12.0. The van der Waals surface area contributed by atoms with Crippen LogP contribution >= 0.6 is 15.9 Å². The Morgan fingerprint density at radius 2 is 1.95 bits per heavy atom. The number of halogens is 1. The molecule has 1 aromatic carbocycles. The fourth-order valence-electron chi connectivity index (χ4n) is 2.61. The van der Waals surface area contributed by atoms with E-state index >= 15 is 0 Å². The quantitative estimate of drug-likeness (QED) is 0.869. The molecule has 0 heterocycles. The number of hydrogen-bond donors (Lipinski definition) is 2. The summed E-state index contributed by atoms with van der Waals surface area (Å²) in [5.41, 5.74) is 0.687.